The van der Waals surface area contributed by atoms with Gasteiger partial charge < -0.3 is 4.74 Å². The van der Waals surface area contributed by atoms with Gasteiger partial charge in [-0.1, -0.05) is 37.3 Å². The van der Waals surface area contributed by atoms with E-state index in [1.165, 1.54) is 5.56 Å². The van der Waals surface area contributed by atoms with Gasteiger partial charge in [-0.15, -0.1) is 12.3 Å². The van der Waals surface area contributed by atoms with Crippen LogP contribution in [0.15, 0.2) is 30.3 Å². The van der Waals surface area contributed by atoms with Crippen molar-refractivity contribution in [1.82, 2.24) is 0 Å². The molecule has 1 aromatic carbocycles. The summed E-state index contributed by atoms with van der Waals surface area (Å²) in [6, 6.07) is 10.2. The molecule has 1 nitrogen and oxygen atoms in total. The number of hydrogen-bond acceptors (Lipinski definition) is 1. The van der Waals surface area contributed by atoms with Gasteiger partial charge in [-0.3, -0.25) is 0 Å². The van der Waals surface area contributed by atoms with E-state index in [1.807, 2.05) is 18.2 Å². The van der Waals surface area contributed by atoms with Crippen molar-refractivity contribution in [3.63, 3.8) is 0 Å². The van der Waals surface area contributed by atoms with Gasteiger partial charge in [-0.2, -0.15) is 0 Å². The Bertz CT molecular complexity index is 349. The molecule has 0 unspecified atom stereocenters. The van der Waals surface area contributed by atoms with Gasteiger partial charge in [0, 0.05) is 11.8 Å². The summed E-state index contributed by atoms with van der Waals surface area (Å²) in [5, 5.41) is 0. The summed E-state index contributed by atoms with van der Waals surface area (Å²) in [5.41, 5.74) is 1.23. The molecule has 1 fully saturated rings. The Labute approximate surface area is 91.5 Å². The molecule has 0 aromatic heterocycles. The summed E-state index contributed by atoms with van der Waals surface area (Å²) in [6.07, 6.45) is 5.39. The first-order chi connectivity index (χ1) is 7.33. The second-order valence-corrected chi connectivity index (χ2v) is 4.22. The molecule has 1 aromatic rings. The lowest BCUT2D eigenvalue weighted by molar-refractivity contribution is 0.107. The standard InChI is InChI=1S/C14H16O/c1-3-13-11(2)14(13)10-15-9-12-7-5-4-6-8-12/h1,4-8,11,13-14H,9-10H2,2H3/t11-,13-,14-/m1/s1. The third-order valence-corrected chi connectivity index (χ3v) is 3.18. The molecule has 0 radical (unpaired) electrons. The quantitative estimate of drug-likeness (QED) is 0.679. The predicted octanol–water partition coefficient (Wildman–Crippen LogP) is 2.72. The first-order valence-corrected chi connectivity index (χ1v) is 5.40. The van der Waals surface area contributed by atoms with Gasteiger partial charge in [0.05, 0.1) is 13.2 Å². The highest BCUT2D eigenvalue weighted by atomic mass is 16.5. The largest absolute Gasteiger partial charge is 0.376 e. The maximum Gasteiger partial charge on any atom is 0.0717 e. The van der Waals surface area contributed by atoms with Crippen LogP contribution in [0, 0.1) is 30.1 Å². The minimum atomic E-state index is 0.445. The summed E-state index contributed by atoms with van der Waals surface area (Å²) in [5.74, 6) is 4.48. The fraction of sp³-hybridized carbons (Fsp3) is 0.429. The van der Waals surface area contributed by atoms with Crippen LogP contribution in [0.5, 0.6) is 0 Å². The van der Waals surface area contributed by atoms with Crippen LogP contribution in [-0.4, -0.2) is 6.61 Å². The van der Waals surface area contributed by atoms with E-state index in [0.29, 0.717) is 24.4 Å². The number of benzene rings is 1. The van der Waals surface area contributed by atoms with Crippen LogP contribution in [0.25, 0.3) is 0 Å². The summed E-state index contributed by atoms with van der Waals surface area (Å²) < 4.78 is 5.65. The van der Waals surface area contributed by atoms with Gasteiger partial charge in [0.25, 0.3) is 0 Å². The molecular formula is C14H16O. The van der Waals surface area contributed by atoms with Crippen molar-refractivity contribution in [2.75, 3.05) is 6.61 Å². The summed E-state index contributed by atoms with van der Waals surface area (Å²) in [6.45, 7) is 3.69. The van der Waals surface area contributed by atoms with Crippen LogP contribution < -0.4 is 0 Å². The lowest BCUT2D eigenvalue weighted by Gasteiger charge is -2.02. The third kappa shape index (κ3) is 2.40. The van der Waals surface area contributed by atoms with Crippen molar-refractivity contribution in [1.29, 1.82) is 0 Å². The zero-order valence-corrected chi connectivity index (χ0v) is 9.02. The number of terminal acetylenes is 1. The summed E-state index contributed by atoms with van der Waals surface area (Å²) in [7, 11) is 0. The van der Waals surface area contributed by atoms with Crippen molar-refractivity contribution >= 4 is 0 Å². The molecule has 3 atom stereocenters. The minimum Gasteiger partial charge on any atom is -0.376 e. The van der Waals surface area contributed by atoms with Crippen LogP contribution in [0.4, 0.5) is 0 Å². The maximum absolute atomic E-state index is 5.65. The van der Waals surface area contributed by atoms with E-state index in [0.717, 1.165) is 6.61 Å². The predicted molar refractivity (Wildman–Crippen MR) is 61.1 cm³/mol. The lowest BCUT2D eigenvalue weighted by Crippen LogP contribution is -1.98. The molecular weight excluding hydrogens is 184 g/mol. The van der Waals surface area contributed by atoms with E-state index < -0.39 is 0 Å². The van der Waals surface area contributed by atoms with E-state index in [2.05, 4.69) is 25.0 Å². The van der Waals surface area contributed by atoms with E-state index in [4.69, 9.17) is 11.2 Å². The maximum atomic E-state index is 5.65. The normalized spacial score (nSPS) is 28.4. The van der Waals surface area contributed by atoms with E-state index in [-0.39, 0.29) is 0 Å². The Morgan fingerprint density at radius 2 is 2.07 bits per heavy atom. The highest BCUT2D eigenvalue weighted by Gasteiger charge is 2.45. The molecule has 0 saturated heterocycles. The van der Waals surface area contributed by atoms with Crippen LogP contribution in [0.1, 0.15) is 12.5 Å². The number of ether oxygens (including phenoxy) is 1. The number of hydrogen-bond donors (Lipinski definition) is 0. The van der Waals surface area contributed by atoms with Crippen molar-refractivity contribution in [2.24, 2.45) is 17.8 Å². The van der Waals surface area contributed by atoms with Gasteiger partial charge in [-0.05, 0) is 11.5 Å². The van der Waals surface area contributed by atoms with Gasteiger partial charge >= 0.3 is 0 Å². The molecule has 15 heavy (non-hydrogen) atoms. The fourth-order valence-corrected chi connectivity index (χ4v) is 1.96. The highest BCUT2D eigenvalue weighted by Crippen LogP contribution is 2.45. The van der Waals surface area contributed by atoms with Crippen molar-refractivity contribution in [3.05, 3.63) is 35.9 Å². The smallest absolute Gasteiger partial charge is 0.0717 e. The number of rotatable bonds is 4. The van der Waals surface area contributed by atoms with Gasteiger partial charge in [0.1, 0.15) is 0 Å². The monoisotopic (exact) mass is 200 g/mol. The van der Waals surface area contributed by atoms with Crippen LogP contribution in [0.2, 0.25) is 0 Å². The Balaban J connectivity index is 1.71. The molecule has 0 N–H and O–H groups in total. The van der Waals surface area contributed by atoms with Crippen molar-refractivity contribution in [2.45, 2.75) is 13.5 Å². The molecule has 0 bridgehead atoms. The zero-order valence-electron chi connectivity index (χ0n) is 9.02. The Morgan fingerprint density at radius 1 is 1.33 bits per heavy atom. The molecule has 78 valence electrons. The van der Waals surface area contributed by atoms with Gasteiger partial charge in [0.15, 0.2) is 0 Å². The average Bonchev–Trinajstić information content (AvgIpc) is 2.90. The first kappa shape index (κ1) is 10.3. The Hall–Kier alpha value is -1.26. The molecule has 2 rings (SSSR count). The Kier molecular flexibility index (Phi) is 3.08. The first-order valence-electron chi connectivity index (χ1n) is 5.40. The van der Waals surface area contributed by atoms with E-state index in [9.17, 15) is 0 Å². The third-order valence-electron chi connectivity index (χ3n) is 3.18. The van der Waals surface area contributed by atoms with Crippen LogP contribution >= 0.6 is 0 Å². The minimum absolute atomic E-state index is 0.445. The molecule has 1 aliphatic rings. The second-order valence-electron chi connectivity index (χ2n) is 4.22. The average molecular weight is 200 g/mol. The van der Waals surface area contributed by atoms with E-state index >= 15 is 0 Å². The van der Waals surface area contributed by atoms with Crippen LogP contribution in [0.3, 0.4) is 0 Å². The second kappa shape index (κ2) is 4.51. The molecule has 0 aliphatic heterocycles. The molecule has 0 amide bonds. The lowest BCUT2D eigenvalue weighted by atomic mass is 10.2. The van der Waals surface area contributed by atoms with E-state index in [1.54, 1.807) is 0 Å². The SMILES string of the molecule is C#C[C@@H]1[C@@H](C)[C@H]1COCc1ccccc1. The summed E-state index contributed by atoms with van der Waals surface area (Å²) >= 11 is 0. The Morgan fingerprint density at radius 3 is 2.67 bits per heavy atom. The zero-order chi connectivity index (χ0) is 10.7. The topological polar surface area (TPSA) is 9.23 Å². The fourth-order valence-electron chi connectivity index (χ4n) is 1.96. The summed E-state index contributed by atoms with van der Waals surface area (Å²) in [4.78, 5) is 0. The molecule has 0 heterocycles. The molecule has 1 heteroatoms. The van der Waals surface area contributed by atoms with Gasteiger partial charge in [-0.25, -0.2) is 0 Å². The molecule has 1 saturated carbocycles. The molecule has 0 spiro atoms. The van der Waals surface area contributed by atoms with Crippen molar-refractivity contribution < 1.29 is 4.74 Å². The highest BCUT2D eigenvalue weighted by molar-refractivity contribution is 5.14. The van der Waals surface area contributed by atoms with Crippen LogP contribution in [-0.2, 0) is 11.3 Å². The van der Waals surface area contributed by atoms with Gasteiger partial charge in [0.2, 0.25) is 0 Å². The molecule has 1 aliphatic carbocycles. The van der Waals surface area contributed by atoms with Crippen molar-refractivity contribution in [3.8, 4) is 12.3 Å².